The largest absolute Gasteiger partial charge is 0.383 e. The monoisotopic (exact) mass is 235 g/mol. The molecule has 0 saturated carbocycles. The molecule has 1 aliphatic heterocycles. The fraction of sp³-hybridized carbons (Fsp3) is 0.615. The van der Waals surface area contributed by atoms with Gasteiger partial charge in [-0.1, -0.05) is 6.92 Å². The fourth-order valence-electron chi connectivity index (χ4n) is 2.06. The van der Waals surface area contributed by atoms with Crippen LogP contribution in [0, 0.1) is 0 Å². The molecule has 4 nitrogen and oxygen atoms in total. The zero-order chi connectivity index (χ0) is 12.1. The summed E-state index contributed by atoms with van der Waals surface area (Å²) >= 11 is 0. The maximum absolute atomic E-state index is 5.06. The second kappa shape index (κ2) is 5.98. The van der Waals surface area contributed by atoms with E-state index in [0.29, 0.717) is 6.04 Å². The average Bonchev–Trinajstić information content (AvgIpc) is 2.32. The molecule has 0 bridgehead atoms. The Kier molecular flexibility index (Phi) is 4.34. The summed E-state index contributed by atoms with van der Waals surface area (Å²) in [6, 6.07) is 4.74. The Balaban J connectivity index is 1.75. The number of nitrogens with one attached hydrogen (secondary N) is 1. The molecule has 1 saturated heterocycles. The van der Waals surface area contributed by atoms with Crippen molar-refractivity contribution in [3.8, 4) is 0 Å². The topological polar surface area (TPSA) is 37.4 Å². The summed E-state index contributed by atoms with van der Waals surface area (Å²) in [5.41, 5.74) is 2.33. The van der Waals surface area contributed by atoms with E-state index in [0.717, 1.165) is 38.4 Å². The lowest BCUT2D eigenvalue weighted by Crippen LogP contribution is -2.55. The highest BCUT2D eigenvalue weighted by Gasteiger charge is 2.25. The number of hydrogen-bond acceptors (Lipinski definition) is 4. The number of methoxy groups -OCH3 is 1. The average molecular weight is 235 g/mol. The maximum Gasteiger partial charge on any atom is 0.0589 e. The van der Waals surface area contributed by atoms with E-state index in [9.17, 15) is 0 Å². The number of aryl methyl sites for hydroxylation is 1. The minimum absolute atomic E-state index is 0.568. The van der Waals surface area contributed by atoms with Gasteiger partial charge >= 0.3 is 0 Å². The van der Waals surface area contributed by atoms with Crippen LogP contribution in [0.2, 0.25) is 0 Å². The minimum Gasteiger partial charge on any atom is -0.383 e. The van der Waals surface area contributed by atoms with Crippen LogP contribution in [0.3, 0.4) is 0 Å². The second-order valence-electron chi connectivity index (χ2n) is 4.48. The van der Waals surface area contributed by atoms with Crippen LogP contribution in [0.4, 0.5) is 5.69 Å². The standard InChI is InChI=1S/C13H21N3O/c1-3-11-8-12(4-5-14-11)15-13-9-16(10-13)6-7-17-2/h4-5,8,13H,3,6-7,9-10H2,1-2H3,(H,14,15). The van der Waals surface area contributed by atoms with Crippen LogP contribution in [0.5, 0.6) is 0 Å². The van der Waals surface area contributed by atoms with Gasteiger partial charge in [-0.15, -0.1) is 0 Å². The van der Waals surface area contributed by atoms with Crippen LogP contribution in [0.1, 0.15) is 12.6 Å². The summed E-state index contributed by atoms with van der Waals surface area (Å²) in [7, 11) is 1.75. The fourth-order valence-corrected chi connectivity index (χ4v) is 2.06. The van der Waals surface area contributed by atoms with E-state index in [1.807, 2.05) is 12.3 Å². The van der Waals surface area contributed by atoms with Gasteiger partial charge in [0, 0.05) is 44.3 Å². The van der Waals surface area contributed by atoms with Gasteiger partial charge in [-0.3, -0.25) is 9.88 Å². The van der Waals surface area contributed by atoms with Gasteiger partial charge in [0.2, 0.25) is 0 Å². The molecule has 0 unspecified atom stereocenters. The summed E-state index contributed by atoms with van der Waals surface area (Å²) in [6.45, 7) is 6.19. The zero-order valence-corrected chi connectivity index (χ0v) is 10.6. The van der Waals surface area contributed by atoms with Crippen molar-refractivity contribution >= 4 is 5.69 Å². The van der Waals surface area contributed by atoms with Crippen LogP contribution >= 0.6 is 0 Å². The second-order valence-corrected chi connectivity index (χ2v) is 4.48. The first-order valence-electron chi connectivity index (χ1n) is 6.24. The van der Waals surface area contributed by atoms with Crippen LogP contribution < -0.4 is 5.32 Å². The van der Waals surface area contributed by atoms with Gasteiger partial charge in [-0.2, -0.15) is 0 Å². The Hall–Kier alpha value is -1.13. The molecule has 1 N–H and O–H groups in total. The van der Waals surface area contributed by atoms with Gasteiger partial charge in [-0.25, -0.2) is 0 Å². The van der Waals surface area contributed by atoms with E-state index < -0.39 is 0 Å². The van der Waals surface area contributed by atoms with Gasteiger partial charge in [0.05, 0.1) is 12.6 Å². The summed E-state index contributed by atoms with van der Waals surface area (Å²) in [6.07, 6.45) is 2.86. The van der Waals surface area contributed by atoms with Gasteiger partial charge in [0.1, 0.15) is 0 Å². The first kappa shape index (κ1) is 12.3. The molecule has 1 fully saturated rings. The van der Waals surface area contributed by atoms with Crippen molar-refractivity contribution in [3.05, 3.63) is 24.0 Å². The number of ether oxygens (including phenoxy) is 1. The lowest BCUT2D eigenvalue weighted by atomic mass is 10.1. The molecule has 0 radical (unpaired) electrons. The van der Waals surface area contributed by atoms with Gasteiger partial charge in [0.25, 0.3) is 0 Å². The highest BCUT2D eigenvalue weighted by atomic mass is 16.5. The third-order valence-electron chi connectivity index (χ3n) is 3.12. The molecule has 1 aromatic rings. The van der Waals surface area contributed by atoms with Crippen molar-refractivity contribution in [1.29, 1.82) is 0 Å². The van der Waals surface area contributed by atoms with Crippen LogP contribution in [-0.4, -0.2) is 49.3 Å². The van der Waals surface area contributed by atoms with Gasteiger partial charge in [-0.05, 0) is 18.6 Å². The third-order valence-corrected chi connectivity index (χ3v) is 3.12. The molecule has 94 valence electrons. The molecule has 0 aliphatic carbocycles. The van der Waals surface area contributed by atoms with Crippen molar-refractivity contribution in [2.75, 3.05) is 38.7 Å². The zero-order valence-electron chi connectivity index (χ0n) is 10.6. The van der Waals surface area contributed by atoms with Crippen molar-refractivity contribution in [3.63, 3.8) is 0 Å². The van der Waals surface area contributed by atoms with E-state index in [4.69, 9.17) is 4.74 Å². The SMILES string of the molecule is CCc1cc(NC2CN(CCOC)C2)ccn1. The quantitative estimate of drug-likeness (QED) is 0.808. The third kappa shape index (κ3) is 3.41. The highest BCUT2D eigenvalue weighted by molar-refractivity contribution is 5.44. The van der Waals surface area contributed by atoms with E-state index in [1.54, 1.807) is 7.11 Å². The summed E-state index contributed by atoms with van der Waals surface area (Å²) in [5.74, 6) is 0. The number of pyridine rings is 1. The molecule has 0 atom stereocenters. The Labute approximate surface area is 103 Å². The molecule has 17 heavy (non-hydrogen) atoms. The first-order chi connectivity index (χ1) is 8.31. The number of anilines is 1. The number of nitrogens with zero attached hydrogens (tertiary/aromatic N) is 2. The minimum atomic E-state index is 0.568. The van der Waals surface area contributed by atoms with Crippen molar-refractivity contribution in [1.82, 2.24) is 9.88 Å². The van der Waals surface area contributed by atoms with Crippen molar-refractivity contribution in [2.24, 2.45) is 0 Å². The summed E-state index contributed by atoms with van der Waals surface area (Å²) < 4.78 is 5.06. The lowest BCUT2D eigenvalue weighted by molar-refractivity contribution is 0.102. The number of likely N-dealkylation sites (tertiary alicyclic amines) is 1. The molecular formula is C13H21N3O. The Morgan fingerprint density at radius 3 is 3.06 bits per heavy atom. The predicted octanol–water partition coefficient (Wildman–Crippen LogP) is 1.39. The molecular weight excluding hydrogens is 214 g/mol. The van der Waals surface area contributed by atoms with E-state index in [-0.39, 0.29) is 0 Å². The van der Waals surface area contributed by atoms with E-state index in [1.165, 1.54) is 5.69 Å². The normalized spacial score (nSPS) is 16.8. The molecule has 1 aliphatic rings. The molecule has 4 heteroatoms. The Morgan fingerprint density at radius 1 is 1.53 bits per heavy atom. The molecule has 0 aromatic carbocycles. The summed E-state index contributed by atoms with van der Waals surface area (Å²) in [5, 5.41) is 3.54. The van der Waals surface area contributed by atoms with Gasteiger partial charge < -0.3 is 10.1 Å². The Bertz CT molecular complexity index is 350. The molecule has 2 rings (SSSR count). The number of aromatic nitrogens is 1. The van der Waals surface area contributed by atoms with Crippen LogP contribution in [-0.2, 0) is 11.2 Å². The highest BCUT2D eigenvalue weighted by Crippen LogP contribution is 2.15. The van der Waals surface area contributed by atoms with E-state index in [2.05, 4.69) is 28.2 Å². The Morgan fingerprint density at radius 2 is 2.35 bits per heavy atom. The first-order valence-corrected chi connectivity index (χ1v) is 6.24. The predicted molar refractivity (Wildman–Crippen MR) is 69.3 cm³/mol. The van der Waals surface area contributed by atoms with Crippen molar-refractivity contribution < 1.29 is 4.74 Å². The summed E-state index contributed by atoms with van der Waals surface area (Å²) in [4.78, 5) is 6.69. The van der Waals surface area contributed by atoms with E-state index >= 15 is 0 Å². The van der Waals surface area contributed by atoms with Crippen LogP contribution in [0.25, 0.3) is 0 Å². The molecule has 1 aromatic heterocycles. The number of hydrogen-bond donors (Lipinski definition) is 1. The van der Waals surface area contributed by atoms with Crippen molar-refractivity contribution in [2.45, 2.75) is 19.4 Å². The smallest absolute Gasteiger partial charge is 0.0589 e. The lowest BCUT2D eigenvalue weighted by Gasteiger charge is -2.40. The van der Waals surface area contributed by atoms with Gasteiger partial charge in [0.15, 0.2) is 0 Å². The molecule has 0 amide bonds. The number of rotatable bonds is 6. The maximum atomic E-state index is 5.06. The molecule has 0 spiro atoms. The molecule has 2 heterocycles. The van der Waals surface area contributed by atoms with Crippen LogP contribution in [0.15, 0.2) is 18.3 Å².